The molecule has 4 aromatic rings. The predicted octanol–water partition coefficient (Wildman–Crippen LogP) is 6.00. The van der Waals surface area contributed by atoms with Crippen molar-refractivity contribution in [2.45, 2.75) is 4.90 Å². The fourth-order valence-corrected chi connectivity index (χ4v) is 5.31. The van der Waals surface area contributed by atoms with E-state index >= 15 is 0 Å². The number of ether oxygens (including phenoxy) is 1. The number of nitrogens with zero attached hydrogens (tertiary/aromatic N) is 1. The number of carbonyl (C=O) groups excluding carboxylic acids is 3. The van der Waals surface area contributed by atoms with Gasteiger partial charge in [-0.25, -0.2) is 4.90 Å². The van der Waals surface area contributed by atoms with Gasteiger partial charge in [0.2, 0.25) is 0 Å². The maximum Gasteiger partial charge on any atom is 0.283 e. The van der Waals surface area contributed by atoms with E-state index < -0.39 is 11.8 Å². The van der Waals surface area contributed by atoms with Crippen molar-refractivity contribution in [2.75, 3.05) is 22.6 Å². The molecular formula is C28H21N3O4S2. The molecule has 2 heterocycles. The normalized spacial score (nSPS) is 13.2. The molecule has 0 radical (unpaired) electrons. The molecule has 7 nitrogen and oxygen atoms in total. The molecule has 184 valence electrons. The average molecular weight is 528 g/mol. The Morgan fingerprint density at radius 2 is 1.62 bits per heavy atom. The van der Waals surface area contributed by atoms with Crippen LogP contribution >= 0.6 is 23.1 Å². The Balaban J connectivity index is 1.45. The zero-order valence-electron chi connectivity index (χ0n) is 19.6. The molecule has 0 saturated heterocycles. The molecule has 0 aliphatic carbocycles. The van der Waals surface area contributed by atoms with E-state index in [0.29, 0.717) is 32.6 Å². The fourth-order valence-electron chi connectivity index (χ4n) is 3.70. The number of hydrogen-bond donors (Lipinski definition) is 2. The molecule has 0 fully saturated rings. The molecule has 9 heteroatoms. The van der Waals surface area contributed by atoms with Crippen molar-refractivity contribution in [3.05, 3.63) is 112 Å². The number of carbonyl (C=O) groups is 3. The summed E-state index contributed by atoms with van der Waals surface area (Å²) in [7, 11) is 1.55. The van der Waals surface area contributed by atoms with E-state index in [-0.39, 0.29) is 16.5 Å². The summed E-state index contributed by atoms with van der Waals surface area (Å²) in [4.78, 5) is 42.3. The molecule has 0 saturated carbocycles. The average Bonchev–Trinajstić information content (AvgIpc) is 3.54. The number of thioether (sulfide) groups is 1. The van der Waals surface area contributed by atoms with Crippen molar-refractivity contribution >= 4 is 57.9 Å². The Kier molecular flexibility index (Phi) is 7.07. The van der Waals surface area contributed by atoms with Crippen LogP contribution in [-0.4, -0.2) is 24.8 Å². The Hall–Kier alpha value is -4.34. The highest BCUT2D eigenvalue weighted by Crippen LogP contribution is 2.38. The maximum absolute atomic E-state index is 13.6. The highest BCUT2D eigenvalue weighted by atomic mass is 32.2. The molecule has 3 amide bonds. The second-order valence-corrected chi connectivity index (χ2v) is 9.93. The van der Waals surface area contributed by atoms with Crippen LogP contribution < -0.4 is 20.3 Å². The van der Waals surface area contributed by atoms with Gasteiger partial charge in [-0.3, -0.25) is 14.4 Å². The van der Waals surface area contributed by atoms with Gasteiger partial charge in [-0.05, 0) is 66.0 Å². The van der Waals surface area contributed by atoms with Crippen LogP contribution in [0.3, 0.4) is 0 Å². The molecule has 0 spiro atoms. The lowest BCUT2D eigenvalue weighted by Gasteiger charge is -2.15. The van der Waals surface area contributed by atoms with Crippen molar-refractivity contribution in [3.63, 3.8) is 0 Å². The van der Waals surface area contributed by atoms with E-state index in [0.717, 1.165) is 4.90 Å². The van der Waals surface area contributed by atoms with Gasteiger partial charge < -0.3 is 15.4 Å². The zero-order chi connectivity index (χ0) is 25.8. The summed E-state index contributed by atoms with van der Waals surface area (Å²) in [6, 6.07) is 26.7. The smallest absolute Gasteiger partial charge is 0.283 e. The van der Waals surface area contributed by atoms with Crippen LogP contribution in [0.5, 0.6) is 5.75 Å². The van der Waals surface area contributed by atoms with Crippen LogP contribution in [-0.2, 0) is 9.59 Å². The van der Waals surface area contributed by atoms with Crippen LogP contribution in [0.15, 0.2) is 112 Å². The second kappa shape index (κ2) is 10.7. The topological polar surface area (TPSA) is 87.7 Å². The van der Waals surface area contributed by atoms with Crippen LogP contribution in [0.4, 0.5) is 17.1 Å². The van der Waals surface area contributed by atoms with Gasteiger partial charge in [-0.2, -0.15) is 0 Å². The van der Waals surface area contributed by atoms with Crippen molar-refractivity contribution in [2.24, 2.45) is 0 Å². The molecule has 37 heavy (non-hydrogen) atoms. The van der Waals surface area contributed by atoms with E-state index in [4.69, 9.17) is 4.74 Å². The Morgan fingerprint density at radius 3 is 2.32 bits per heavy atom. The first-order valence-corrected chi connectivity index (χ1v) is 12.9. The molecule has 5 rings (SSSR count). The number of rotatable bonds is 8. The van der Waals surface area contributed by atoms with Crippen molar-refractivity contribution in [1.29, 1.82) is 0 Å². The van der Waals surface area contributed by atoms with E-state index in [1.807, 2.05) is 47.8 Å². The van der Waals surface area contributed by atoms with E-state index in [1.165, 1.54) is 23.1 Å². The van der Waals surface area contributed by atoms with Gasteiger partial charge in [0.1, 0.15) is 16.4 Å². The fraction of sp³-hybridized carbons (Fsp3) is 0.0357. The van der Waals surface area contributed by atoms with Crippen molar-refractivity contribution < 1.29 is 19.1 Å². The summed E-state index contributed by atoms with van der Waals surface area (Å²) in [6.07, 6.45) is 0. The monoisotopic (exact) mass is 527 g/mol. The van der Waals surface area contributed by atoms with Gasteiger partial charge >= 0.3 is 0 Å². The quantitative estimate of drug-likeness (QED) is 0.273. The summed E-state index contributed by atoms with van der Waals surface area (Å²) < 4.78 is 5.20. The standard InChI is InChI=1S/C28H21N3O4S2/c1-35-21-14-12-20(13-15-21)31-27(33)24(29-18-7-3-2-4-8-18)25(28(31)34)37-22-10-5-9-19(17-22)30-26(32)23-11-6-16-36-23/h2-17,29H,1H3,(H,30,32). The number of anilines is 3. The molecule has 0 unspecified atom stereocenters. The first-order chi connectivity index (χ1) is 18.0. The molecule has 3 aromatic carbocycles. The van der Waals surface area contributed by atoms with Crippen LogP contribution in [0.25, 0.3) is 0 Å². The SMILES string of the molecule is COc1ccc(N2C(=O)C(Nc3ccccc3)=C(Sc3cccc(NC(=O)c4cccs4)c3)C2=O)cc1. The molecule has 1 aromatic heterocycles. The van der Waals surface area contributed by atoms with Gasteiger partial charge in [-0.1, -0.05) is 42.1 Å². The van der Waals surface area contributed by atoms with Gasteiger partial charge in [0, 0.05) is 16.3 Å². The molecule has 0 atom stereocenters. The number of amides is 3. The van der Waals surface area contributed by atoms with Crippen molar-refractivity contribution in [1.82, 2.24) is 0 Å². The number of thiophene rings is 1. The van der Waals surface area contributed by atoms with Gasteiger partial charge in [0.25, 0.3) is 17.7 Å². The zero-order valence-corrected chi connectivity index (χ0v) is 21.3. The maximum atomic E-state index is 13.6. The number of nitrogens with one attached hydrogen (secondary N) is 2. The molecular weight excluding hydrogens is 506 g/mol. The summed E-state index contributed by atoms with van der Waals surface area (Å²) in [5, 5.41) is 7.85. The minimum Gasteiger partial charge on any atom is -0.497 e. The van der Waals surface area contributed by atoms with E-state index in [1.54, 1.807) is 55.6 Å². The van der Waals surface area contributed by atoms with E-state index in [2.05, 4.69) is 10.6 Å². The second-order valence-electron chi connectivity index (χ2n) is 7.90. The third-order valence-corrected chi connectivity index (χ3v) is 7.41. The minimum absolute atomic E-state index is 0.185. The Labute approximate surface area is 221 Å². The van der Waals surface area contributed by atoms with Crippen LogP contribution in [0.2, 0.25) is 0 Å². The third kappa shape index (κ3) is 5.28. The third-order valence-electron chi connectivity index (χ3n) is 5.47. The van der Waals surface area contributed by atoms with Crippen molar-refractivity contribution in [3.8, 4) is 5.75 Å². The molecule has 1 aliphatic heterocycles. The first-order valence-electron chi connectivity index (χ1n) is 11.3. The largest absolute Gasteiger partial charge is 0.497 e. The summed E-state index contributed by atoms with van der Waals surface area (Å²) in [6.45, 7) is 0. The number of benzene rings is 3. The number of methoxy groups -OCH3 is 1. The minimum atomic E-state index is -0.455. The van der Waals surface area contributed by atoms with Crippen LogP contribution in [0.1, 0.15) is 9.67 Å². The van der Waals surface area contributed by atoms with Crippen LogP contribution in [0, 0.1) is 0 Å². The Bertz CT molecular complexity index is 1480. The highest BCUT2D eigenvalue weighted by molar-refractivity contribution is 8.04. The lowest BCUT2D eigenvalue weighted by atomic mass is 10.2. The summed E-state index contributed by atoms with van der Waals surface area (Å²) >= 11 is 2.52. The lowest BCUT2D eigenvalue weighted by Crippen LogP contribution is -2.32. The number of hydrogen-bond acceptors (Lipinski definition) is 7. The molecule has 0 bridgehead atoms. The van der Waals surface area contributed by atoms with Gasteiger partial charge in [0.15, 0.2) is 0 Å². The summed E-state index contributed by atoms with van der Waals surface area (Å²) in [5.41, 5.74) is 1.90. The van der Waals surface area contributed by atoms with Gasteiger partial charge in [0.05, 0.1) is 17.7 Å². The summed E-state index contributed by atoms with van der Waals surface area (Å²) in [5.74, 6) is -0.481. The predicted molar refractivity (Wildman–Crippen MR) is 147 cm³/mol. The lowest BCUT2D eigenvalue weighted by molar-refractivity contribution is -0.120. The highest BCUT2D eigenvalue weighted by Gasteiger charge is 2.40. The first kappa shape index (κ1) is 24.4. The molecule has 2 N–H and O–H groups in total. The van der Waals surface area contributed by atoms with Gasteiger partial charge in [-0.15, -0.1) is 11.3 Å². The Morgan fingerprint density at radius 1 is 0.865 bits per heavy atom. The number of para-hydroxylation sites is 1. The molecule has 1 aliphatic rings. The number of imide groups is 1. The van der Waals surface area contributed by atoms with E-state index in [9.17, 15) is 14.4 Å².